The van der Waals surface area contributed by atoms with E-state index in [0.29, 0.717) is 12.2 Å². The number of pyridine rings is 1. The SMILES string of the molecule is CCC[C@@H](Oc1ccccc1)[C@H](C)OC(=O)[C@H](C)NC(=O)c1nccc(OC)c1O. The van der Waals surface area contributed by atoms with Gasteiger partial charge in [-0.3, -0.25) is 4.79 Å². The van der Waals surface area contributed by atoms with Crippen molar-refractivity contribution in [2.45, 2.75) is 51.9 Å². The number of ether oxygens (including phenoxy) is 3. The summed E-state index contributed by atoms with van der Waals surface area (Å²) in [6.45, 7) is 5.27. The van der Waals surface area contributed by atoms with Crippen molar-refractivity contribution in [3.63, 3.8) is 0 Å². The van der Waals surface area contributed by atoms with Gasteiger partial charge in [-0.15, -0.1) is 0 Å². The van der Waals surface area contributed by atoms with Gasteiger partial charge in [0, 0.05) is 12.3 Å². The molecule has 8 heteroatoms. The molecule has 162 valence electrons. The highest BCUT2D eigenvalue weighted by atomic mass is 16.6. The first kappa shape index (κ1) is 23.0. The summed E-state index contributed by atoms with van der Waals surface area (Å²) in [5.41, 5.74) is -0.238. The minimum absolute atomic E-state index is 0.111. The van der Waals surface area contributed by atoms with Crippen molar-refractivity contribution in [3.05, 3.63) is 48.3 Å². The van der Waals surface area contributed by atoms with Gasteiger partial charge < -0.3 is 24.6 Å². The summed E-state index contributed by atoms with van der Waals surface area (Å²) in [7, 11) is 1.36. The molecule has 8 nitrogen and oxygen atoms in total. The summed E-state index contributed by atoms with van der Waals surface area (Å²) >= 11 is 0. The molecular weight excluding hydrogens is 388 g/mol. The van der Waals surface area contributed by atoms with Crippen LogP contribution in [-0.2, 0) is 9.53 Å². The van der Waals surface area contributed by atoms with E-state index in [2.05, 4.69) is 10.3 Å². The average molecular weight is 416 g/mol. The molecule has 0 aliphatic heterocycles. The molecule has 2 N–H and O–H groups in total. The van der Waals surface area contributed by atoms with Gasteiger partial charge in [-0.2, -0.15) is 0 Å². The summed E-state index contributed by atoms with van der Waals surface area (Å²) in [5, 5.41) is 12.5. The number of nitrogens with zero attached hydrogens (tertiary/aromatic N) is 1. The fourth-order valence-electron chi connectivity index (χ4n) is 2.80. The molecule has 1 amide bonds. The molecule has 2 aromatic rings. The van der Waals surface area contributed by atoms with Crippen molar-refractivity contribution < 1.29 is 28.9 Å². The summed E-state index contributed by atoms with van der Waals surface area (Å²) in [6.07, 6.45) is 2.03. The number of methoxy groups -OCH3 is 1. The van der Waals surface area contributed by atoms with E-state index < -0.39 is 29.8 Å². The van der Waals surface area contributed by atoms with Crippen molar-refractivity contribution in [2.24, 2.45) is 0 Å². The summed E-state index contributed by atoms with van der Waals surface area (Å²) in [6, 6.07) is 9.78. The van der Waals surface area contributed by atoms with E-state index in [9.17, 15) is 14.7 Å². The molecular formula is C22H28N2O6. The van der Waals surface area contributed by atoms with Crippen LogP contribution in [0.15, 0.2) is 42.6 Å². The first-order chi connectivity index (χ1) is 14.4. The van der Waals surface area contributed by atoms with Crippen LogP contribution >= 0.6 is 0 Å². The number of esters is 1. The van der Waals surface area contributed by atoms with Gasteiger partial charge in [0.1, 0.15) is 24.0 Å². The zero-order valence-electron chi connectivity index (χ0n) is 17.6. The van der Waals surface area contributed by atoms with Crippen molar-refractivity contribution in [3.8, 4) is 17.2 Å². The van der Waals surface area contributed by atoms with Gasteiger partial charge in [0.2, 0.25) is 0 Å². The molecule has 1 aromatic carbocycles. The smallest absolute Gasteiger partial charge is 0.328 e. The second-order valence-corrected chi connectivity index (χ2v) is 6.81. The molecule has 0 saturated carbocycles. The fourth-order valence-corrected chi connectivity index (χ4v) is 2.80. The molecule has 2 rings (SSSR count). The molecule has 0 radical (unpaired) electrons. The van der Waals surface area contributed by atoms with Crippen LogP contribution in [0.2, 0.25) is 0 Å². The van der Waals surface area contributed by atoms with E-state index in [1.807, 2.05) is 37.3 Å². The van der Waals surface area contributed by atoms with Crippen molar-refractivity contribution >= 4 is 11.9 Å². The Bertz CT molecular complexity index is 843. The monoisotopic (exact) mass is 416 g/mol. The van der Waals surface area contributed by atoms with E-state index in [-0.39, 0.29) is 17.5 Å². The van der Waals surface area contributed by atoms with Gasteiger partial charge in [0.25, 0.3) is 5.91 Å². The standard InChI is InChI=1S/C22H28N2O6/c1-5-9-17(30-16-10-7-6-8-11-16)15(3)29-22(27)14(2)24-21(26)19-20(25)18(28-4)12-13-23-19/h6-8,10-15,17,25H,5,9H2,1-4H3,(H,24,26)/t14-,15-,17+/m0/s1. The zero-order valence-corrected chi connectivity index (χ0v) is 17.6. The Morgan fingerprint density at radius 2 is 1.87 bits per heavy atom. The van der Waals surface area contributed by atoms with Gasteiger partial charge in [-0.05, 0) is 32.4 Å². The third-order valence-corrected chi connectivity index (χ3v) is 4.45. The van der Waals surface area contributed by atoms with Crippen LogP contribution in [-0.4, -0.2) is 47.3 Å². The fraction of sp³-hybridized carbons (Fsp3) is 0.409. The number of carbonyl (C=O) groups is 2. The van der Waals surface area contributed by atoms with E-state index >= 15 is 0 Å². The molecule has 0 bridgehead atoms. The highest BCUT2D eigenvalue weighted by molar-refractivity contribution is 5.97. The lowest BCUT2D eigenvalue weighted by Gasteiger charge is -2.26. The van der Waals surface area contributed by atoms with Gasteiger partial charge >= 0.3 is 5.97 Å². The van der Waals surface area contributed by atoms with E-state index in [1.54, 1.807) is 6.92 Å². The Hall–Kier alpha value is -3.29. The maximum atomic E-state index is 12.5. The highest BCUT2D eigenvalue weighted by Crippen LogP contribution is 2.27. The first-order valence-corrected chi connectivity index (χ1v) is 9.82. The number of aromatic nitrogens is 1. The summed E-state index contributed by atoms with van der Waals surface area (Å²) < 4.78 is 16.5. The Labute approximate surface area is 176 Å². The predicted molar refractivity (Wildman–Crippen MR) is 111 cm³/mol. The van der Waals surface area contributed by atoms with Crippen molar-refractivity contribution in [1.29, 1.82) is 0 Å². The Kier molecular flexibility index (Phi) is 8.46. The first-order valence-electron chi connectivity index (χ1n) is 9.82. The number of hydrogen-bond acceptors (Lipinski definition) is 7. The lowest BCUT2D eigenvalue weighted by Crippen LogP contribution is -2.43. The van der Waals surface area contributed by atoms with Crippen LogP contribution in [0.25, 0.3) is 0 Å². The van der Waals surface area contributed by atoms with Gasteiger partial charge in [-0.1, -0.05) is 31.5 Å². The van der Waals surface area contributed by atoms with E-state index in [1.165, 1.54) is 26.3 Å². The lowest BCUT2D eigenvalue weighted by atomic mass is 10.1. The molecule has 3 atom stereocenters. The minimum Gasteiger partial charge on any atom is -0.503 e. The second-order valence-electron chi connectivity index (χ2n) is 6.81. The van der Waals surface area contributed by atoms with Gasteiger partial charge in [0.15, 0.2) is 17.2 Å². The number of hydrogen-bond donors (Lipinski definition) is 2. The average Bonchev–Trinajstić information content (AvgIpc) is 2.74. The number of benzene rings is 1. The molecule has 1 aromatic heterocycles. The van der Waals surface area contributed by atoms with Crippen LogP contribution in [0.1, 0.15) is 44.1 Å². The number of carbonyl (C=O) groups excluding carboxylic acids is 2. The maximum absolute atomic E-state index is 12.5. The van der Waals surface area contributed by atoms with Crippen LogP contribution in [0.5, 0.6) is 17.2 Å². The molecule has 0 fully saturated rings. The molecule has 0 saturated heterocycles. The van der Waals surface area contributed by atoms with Gasteiger partial charge in [-0.25, -0.2) is 9.78 Å². The normalized spacial score (nSPS) is 13.6. The van der Waals surface area contributed by atoms with E-state index in [4.69, 9.17) is 14.2 Å². The summed E-state index contributed by atoms with van der Waals surface area (Å²) in [5.74, 6) is -0.921. The zero-order chi connectivity index (χ0) is 22.1. The predicted octanol–water partition coefficient (Wildman–Crippen LogP) is 3.09. The Morgan fingerprint density at radius 1 is 1.17 bits per heavy atom. The number of amides is 1. The lowest BCUT2D eigenvalue weighted by molar-refractivity contribution is -0.154. The highest BCUT2D eigenvalue weighted by Gasteiger charge is 2.27. The second kappa shape index (κ2) is 11.0. The molecule has 0 aliphatic rings. The van der Waals surface area contributed by atoms with Crippen LogP contribution in [0.4, 0.5) is 0 Å². The quantitative estimate of drug-likeness (QED) is 0.573. The molecule has 30 heavy (non-hydrogen) atoms. The number of aromatic hydroxyl groups is 1. The molecule has 0 aliphatic carbocycles. The summed E-state index contributed by atoms with van der Waals surface area (Å²) in [4.78, 5) is 28.7. The topological polar surface area (TPSA) is 107 Å². The molecule has 1 heterocycles. The number of nitrogens with one attached hydrogen (secondary N) is 1. The maximum Gasteiger partial charge on any atom is 0.328 e. The van der Waals surface area contributed by atoms with Crippen LogP contribution in [0, 0.1) is 0 Å². The third kappa shape index (κ3) is 6.10. The molecule has 0 unspecified atom stereocenters. The van der Waals surface area contributed by atoms with Crippen molar-refractivity contribution in [1.82, 2.24) is 10.3 Å². The number of para-hydroxylation sites is 1. The largest absolute Gasteiger partial charge is 0.503 e. The number of rotatable bonds is 10. The van der Waals surface area contributed by atoms with Crippen molar-refractivity contribution in [2.75, 3.05) is 7.11 Å². The molecule has 0 spiro atoms. The van der Waals surface area contributed by atoms with Crippen LogP contribution in [0.3, 0.4) is 0 Å². The van der Waals surface area contributed by atoms with E-state index in [0.717, 1.165) is 6.42 Å². The Morgan fingerprint density at radius 3 is 2.50 bits per heavy atom. The van der Waals surface area contributed by atoms with Crippen LogP contribution < -0.4 is 14.8 Å². The van der Waals surface area contributed by atoms with Gasteiger partial charge in [0.05, 0.1) is 7.11 Å². The third-order valence-electron chi connectivity index (χ3n) is 4.45. The Balaban J connectivity index is 1.98. The minimum atomic E-state index is -0.952.